The molecule has 0 unspecified atom stereocenters. The van der Waals surface area contributed by atoms with E-state index in [2.05, 4.69) is 0 Å². The molecule has 1 nitrogen and oxygen atoms in total. The van der Waals surface area contributed by atoms with E-state index in [4.69, 9.17) is 5.11 Å². The van der Waals surface area contributed by atoms with Crippen LogP contribution in [0.1, 0.15) is 12.0 Å². The third kappa shape index (κ3) is 3.98. The van der Waals surface area contributed by atoms with Crippen molar-refractivity contribution in [2.75, 3.05) is 0 Å². The van der Waals surface area contributed by atoms with E-state index >= 15 is 0 Å². The summed E-state index contributed by atoms with van der Waals surface area (Å²) in [6.45, 7) is 0. The molecule has 14 heavy (non-hydrogen) atoms. The molecule has 1 aromatic carbocycles. The second kappa shape index (κ2) is 4.17. The summed E-state index contributed by atoms with van der Waals surface area (Å²) in [6.07, 6.45) is -2.68. The summed E-state index contributed by atoms with van der Waals surface area (Å²) < 4.78 is 35.2. The topological polar surface area (TPSA) is 20.2 Å². The number of hydrogen-bond donors (Lipinski definition) is 1. The molecule has 0 aliphatic heterocycles. The van der Waals surface area contributed by atoms with Crippen LogP contribution in [0.4, 0.5) is 13.2 Å². The smallest absolute Gasteiger partial charge is 0.392 e. The van der Waals surface area contributed by atoms with Crippen LogP contribution in [0.3, 0.4) is 0 Å². The van der Waals surface area contributed by atoms with Crippen LogP contribution in [0.5, 0.6) is 5.75 Å². The van der Waals surface area contributed by atoms with Crippen molar-refractivity contribution in [2.24, 2.45) is 0 Å². The Labute approximate surface area is 79.5 Å². The Morgan fingerprint density at radius 2 is 1.71 bits per heavy atom. The van der Waals surface area contributed by atoms with Gasteiger partial charge in [0.2, 0.25) is 0 Å². The first kappa shape index (κ1) is 10.6. The van der Waals surface area contributed by atoms with Crippen molar-refractivity contribution in [3.8, 4) is 5.75 Å². The number of rotatable bonds is 2. The number of alkyl halides is 3. The maximum Gasteiger partial charge on any atom is 0.392 e. The van der Waals surface area contributed by atoms with Crippen molar-refractivity contribution >= 4 is 6.08 Å². The molecule has 1 rings (SSSR count). The first-order valence-electron chi connectivity index (χ1n) is 4.00. The minimum atomic E-state index is -4.16. The van der Waals surface area contributed by atoms with Crippen molar-refractivity contribution in [2.45, 2.75) is 12.6 Å². The van der Waals surface area contributed by atoms with Crippen molar-refractivity contribution in [1.29, 1.82) is 0 Å². The molecule has 76 valence electrons. The van der Waals surface area contributed by atoms with Gasteiger partial charge in [0.15, 0.2) is 0 Å². The highest BCUT2D eigenvalue weighted by Crippen LogP contribution is 2.20. The van der Waals surface area contributed by atoms with E-state index in [-0.39, 0.29) is 5.75 Å². The standard InChI is InChI=1S/C10H9F3O/c11-10(12,13)7-1-2-8-3-5-9(14)6-4-8/h1-6,14H,7H2/b2-1+. The molecule has 0 heterocycles. The predicted octanol–water partition coefficient (Wildman–Crippen LogP) is 3.36. The molecule has 1 aromatic rings. The summed E-state index contributed by atoms with van der Waals surface area (Å²) in [5, 5.41) is 8.91. The predicted molar refractivity (Wildman–Crippen MR) is 47.8 cm³/mol. The number of phenolic OH excluding ortho intramolecular Hbond substituents is 1. The van der Waals surface area contributed by atoms with Crippen LogP contribution in [0.25, 0.3) is 6.08 Å². The lowest BCUT2D eigenvalue weighted by Crippen LogP contribution is -2.03. The number of phenols is 1. The van der Waals surface area contributed by atoms with Gasteiger partial charge in [-0.3, -0.25) is 0 Å². The van der Waals surface area contributed by atoms with Crippen molar-refractivity contribution < 1.29 is 18.3 Å². The zero-order valence-electron chi connectivity index (χ0n) is 7.25. The maximum atomic E-state index is 11.7. The van der Waals surface area contributed by atoms with Gasteiger partial charge < -0.3 is 5.11 Å². The molecule has 1 N–H and O–H groups in total. The summed E-state index contributed by atoms with van der Waals surface area (Å²) >= 11 is 0. The minimum absolute atomic E-state index is 0.0953. The summed E-state index contributed by atoms with van der Waals surface area (Å²) in [5.74, 6) is 0.0953. The van der Waals surface area contributed by atoms with Crippen molar-refractivity contribution in [3.63, 3.8) is 0 Å². The van der Waals surface area contributed by atoms with Crippen LogP contribution in [-0.4, -0.2) is 11.3 Å². The first-order chi connectivity index (χ1) is 6.47. The van der Waals surface area contributed by atoms with E-state index in [9.17, 15) is 13.2 Å². The molecular weight excluding hydrogens is 193 g/mol. The number of allylic oxidation sites excluding steroid dienone is 1. The van der Waals surface area contributed by atoms with E-state index in [1.54, 1.807) is 12.1 Å². The Balaban J connectivity index is 2.57. The van der Waals surface area contributed by atoms with Crippen LogP contribution in [0.2, 0.25) is 0 Å². The number of hydrogen-bond acceptors (Lipinski definition) is 1. The largest absolute Gasteiger partial charge is 0.508 e. The number of benzene rings is 1. The van der Waals surface area contributed by atoms with Crippen LogP contribution in [0, 0.1) is 0 Å². The third-order valence-corrected chi connectivity index (χ3v) is 1.55. The second-order valence-corrected chi connectivity index (χ2v) is 2.81. The Hall–Kier alpha value is -1.45. The van der Waals surface area contributed by atoms with E-state index in [0.29, 0.717) is 5.56 Å². The molecule has 0 aliphatic rings. The number of halogens is 3. The van der Waals surface area contributed by atoms with Gasteiger partial charge in [0, 0.05) is 0 Å². The van der Waals surface area contributed by atoms with Crippen LogP contribution in [0.15, 0.2) is 30.3 Å². The lowest BCUT2D eigenvalue weighted by atomic mass is 10.2. The molecule has 0 aliphatic carbocycles. The number of aromatic hydroxyl groups is 1. The zero-order valence-corrected chi connectivity index (χ0v) is 7.25. The average Bonchev–Trinajstić information content (AvgIpc) is 2.06. The zero-order chi connectivity index (χ0) is 10.6. The van der Waals surface area contributed by atoms with Gasteiger partial charge in [-0.15, -0.1) is 0 Å². The van der Waals surface area contributed by atoms with Gasteiger partial charge in [-0.05, 0) is 17.7 Å². The van der Waals surface area contributed by atoms with E-state index in [1.807, 2.05) is 0 Å². The van der Waals surface area contributed by atoms with Gasteiger partial charge in [-0.1, -0.05) is 24.3 Å². The summed E-state index contributed by atoms with van der Waals surface area (Å²) in [5.41, 5.74) is 0.632. The second-order valence-electron chi connectivity index (χ2n) is 2.81. The fourth-order valence-electron chi connectivity index (χ4n) is 0.914. The molecule has 0 bridgehead atoms. The van der Waals surface area contributed by atoms with E-state index < -0.39 is 12.6 Å². The monoisotopic (exact) mass is 202 g/mol. The summed E-state index contributed by atoms with van der Waals surface area (Å²) in [6, 6.07) is 5.94. The molecule has 0 fully saturated rings. The SMILES string of the molecule is Oc1ccc(/C=C/CC(F)(F)F)cc1. The quantitative estimate of drug-likeness (QED) is 0.779. The van der Waals surface area contributed by atoms with Gasteiger partial charge >= 0.3 is 6.18 Å². The Bertz CT molecular complexity index is 311. The molecule has 0 atom stereocenters. The fraction of sp³-hybridized carbons (Fsp3) is 0.200. The molecule has 0 saturated heterocycles. The van der Waals surface area contributed by atoms with Gasteiger partial charge in [0.25, 0.3) is 0 Å². The molecule has 0 saturated carbocycles. The summed E-state index contributed by atoms with van der Waals surface area (Å²) in [4.78, 5) is 0. The maximum absolute atomic E-state index is 11.7. The van der Waals surface area contributed by atoms with Crippen LogP contribution >= 0.6 is 0 Å². The third-order valence-electron chi connectivity index (χ3n) is 1.55. The highest BCUT2D eigenvalue weighted by Gasteiger charge is 2.24. The minimum Gasteiger partial charge on any atom is -0.508 e. The summed E-state index contributed by atoms with van der Waals surface area (Å²) in [7, 11) is 0. The highest BCUT2D eigenvalue weighted by atomic mass is 19.4. The molecule has 0 amide bonds. The van der Waals surface area contributed by atoms with Gasteiger partial charge in [-0.25, -0.2) is 0 Å². The Kier molecular flexibility index (Phi) is 3.17. The molecule has 0 radical (unpaired) electrons. The normalized spacial score (nSPS) is 12.2. The van der Waals surface area contributed by atoms with Gasteiger partial charge in [0.05, 0.1) is 6.42 Å². The Morgan fingerprint density at radius 1 is 1.14 bits per heavy atom. The average molecular weight is 202 g/mol. The molecule has 0 aromatic heterocycles. The highest BCUT2D eigenvalue weighted by molar-refractivity contribution is 5.50. The molecule has 0 spiro atoms. The van der Waals surface area contributed by atoms with Gasteiger partial charge in [0.1, 0.15) is 5.75 Å². The fourth-order valence-corrected chi connectivity index (χ4v) is 0.914. The van der Waals surface area contributed by atoms with Crippen molar-refractivity contribution in [1.82, 2.24) is 0 Å². The van der Waals surface area contributed by atoms with E-state index in [1.165, 1.54) is 18.2 Å². The lowest BCUT2D eigenvalue weighted by Gasteiger charge is -2.00. The van der Waals surface area contributed by atoms with Gasteiger partial charge in [-0.2, -0.15) is 13.2 Å². The van der Waals surface area contributed by atoms with E-state index in [0.717, 1.165) is 6.08 Å². The Morgan fingerprint density at radius 3 is 2.21 bits per heavy atom. The van der Waals surface area contributed by atoms with Crippen LogP contribution < -0.4 is 0 Å². The first-order valence-corrected chi connectivity index (χ1v) is 4.00. The molecular formula is C10H9F3O. The molecule has 4 heteroatoms. The lowest BCUT2D eigenvalue weighted by molar-refractivity contribution is -0.124. The van der Waals surface area contributed by atoms with Crippen molar-refractivity contribution in [3.05, 3.63) is 35.9 Å². The van der Waals surface area contributed by atoms with Crippen LogP contribution in [-0.2, 0) is 0 Å².